The standard InChI is InChI=1S/C35H25N7O2/c1-38-23-28(27-19-11-12-20-36-27)37-33(38)42-32-22-30-29(21-31(32)41(35(42)44)26-17-9-4-10-18-26)39(24-13-5-2-6-14-24)34(43)40(30)25-15-7-3-8-16-25/h2-23H,1H3/i1D3. The average molecular weight is 579 g/mol. The summed E-state index contributed by atoms with van der Waals surface area (Å²) in [5.41, 5.74) is 3.69. The Labute approximate surface area is 255 Å². The summed E-state index contributed by atoms with van der Waals surface area (Å²) in [6.45, 7) is -2.68. The summed E-state index contributed by atoms with van der Waals surface area (Å²) < 4.78 is 32.1. The van der Waals surface area contributed by atoms with Crippen molar-refractivity contribution in [3.63, 3.8) is 0 Å². The van der Waals surface area contributed by atoms with Crippen molar-refractivity contribution in [1.29, 1.82) is 0 Å². The van der Waals surface area contributed by atoms with Gasteiger partial charge in [0, 0.05) is 23.5 Å². The van der Waals surface area contributed by atoms with Crippen LogP contribution in [0.2, 0.25) is 0 Å². The highest BCUT2D eigenvalue weighted by molar-refractivity contribution is 5.95. The zero-order chi connectivity index (χ0) is 32.3. The van der Waals surface area contributed by atoms with Gasteiger partial charge < -0.3 is 4.57 Å². The second-order valence-corrected chi connectivity index (χ2v) is 10.3. The summed E-state index contributed by atoms with van der Waals surface area (Å²) >= 11 is 0. The third-order valence-electron chi connectivity index (χ3n) is 7.66. The summed E-state index contributed by atoms with van der Waals surface area (Å²) in [7, 11) is 0. The Morgan fingerprint density at radius 3 is 1.45 bits per heavy atom. The van der Waals surface area contributed by atoms with Crippen LogP contribution in [0.3, 0.4) is 0 Å². The van der Waals surface area contributed by atoms with Gasteiger partial charge in [-0.3, -0.25) is 18.7 Å². The zero-order valence-electron chi connectivity index (χ0n) is 26.1. The number of aromatic nitrogens is 7. The van der Waals surface area contributed by atoms with Gasteiger partial charge in [-0.25, -0.2) is 19.1 Å². The minimum absolute atomic E-state index is 0.106. The Bertz CT molecular complexity index is 2530. The average Bonchev–Trinajstić information content (AvgIpc) is 3.74. The van der Waals surface area contributed by atoms with Gasteiger partial charge in [0.05, 0.1) is 44.8 Å². The molecule has 0 saturated heterocycles. The number of aryl methyl sites for hydroxylation is 1. The SMILES string of the molecule is [2H]C([2H])([2H])n1cc(-c2ccccn2)nc1-n1c(=O)n(-c2ccccc2)c2cc3c(cc21)n(-c1ccccc1)c(=O)n3-c1ccccc1. The molecular formula is C35H25N7O2. The predicted octanol–water partition coefficient (Wildman–Crippen LogP) is 5.67. The first kappa shape index (κ1) is 22.4. The van der Waals surface area contributed by atoms with Gasteiger partial charge in [-0.2, -0.15) is 0 Å². The third-order valence-corrected chi connectivity index (χ3v) is 7.66. The van der Waals surface area contributed by atoms with Crippen LogP contribution in [0.5, 0.6) is 0 Å². The third kappa shape index (κ3) is 3.87. The second kappa shape index (κ2) is 9.95. The Kier molecular flexibility index (Phi) is 5.06. The molecule has 8 rings (SSSR count). The fourth-order valence-electron chi connectivity index (χ4n) is 5.72. The molecule has 0 aliphatic heterocycles. The molecule has 9 nitrogen and oxygen atoms in total. The van der Waals surface area contributed by atoms with Gasteiger partial charge in [-0.15, -0.1) is 0 Å². The number of pyridine rings is 1. The van der Waals surface area contributed by atoms with E-state index in [0.29, 0.717) is 50.5 Å². The molecule has 0 saturated carbocycles. The van der Waals surface area contributed by atoms with Gasteiger partial charge in [0.1, 0.15) is 5.69 Å². The number of fused-ring (bicyclic) bond motifs is 2. The summed E-state index contributed by atoms with van der Waals surface area (Å²) in [4.78, 5) is 37.9. The van der Waals surface area contributed by atoms with Gasteiger partial charge in [0.15, 0.2) is 0 Å². The van der Waals surface area contributed by atoms with Crippen molar-refractivity contribution in [2.24, 2.45) is 6.98 Å². The smallest absolute Gasteiger partial charge is 0.319 e. The van der Waals surface area contributed by atoms with Crippen LogP contribution in [-0.4, -0.2) is 32.8 Å². The minimum atomic E-state index is -2.68. The van der Waals surface area contributed by atoms with Gasteiger partial charge >= 0.3 is 11.4 Å². The number of hydrogen-bond donors (Lipinski definition) is 0. The van der Waals surface area contributed by atoms with E-state index >= 15 is 0 Å². The zero-order valence-corrected chi connectivity index (χ0v) is 23.1. The molecular weight excluding hydrogens is 550 g/mol. The highest BCUT2D eigenvalue weighted by atomic mass is 16.2. The lowest BCUT2D eigenvalue weighted by atomic mass is 10.2. The molecule has 9 heteroatoms. The molecule has 0 atom stereocenters. The maximum Gasteiger partial charge on any atom is 0.340 e. The molecule has 0 bridgehead atoms. The summed E-state index contributed by atoms with van der Waals surface area (Å²) in [5.74, 6) is -0.106. The van der Waals surface area contributed by atoms with Crippen molar-refractivity contribution in [3.8, 4) is 34.4 Å². The molecule has 212 valence electrons. The van der Waals surface area contributed by atoms with Crippen LogP contribution >= 0.6 is 0 Å². The molecule has 44 heavy (non-hydrogen) atoms. The monoisotopic (exact) mass is 578 g/mol. The lowest BCUT2D eigenvalue weighted by Gasteiger charge is -2.06. The van der Waals surface area contributed by atoms with E-state index in [1.165, 1.54) is 15.3 Å². The first-order valence-corrected chi connectivity index (χ1v) is 13.9. The van der Waals surface area contributed by atoms with Crippen LogP contribution in [-0.2, 0) is 6.98 Å². The molecule has 8 aromatic rings. The number of benzene rings is 4. The summed E-state index contributed by atoms with van der Waals surface area (Å²) in [6.07, 6.45) is 2.97. The van der Waals surface area contributed by atoms with Gasteiger partial charge in [-0.05, 0) is 60.7 Å². The van der Waals surface area contributed by atoms with Crippen LogP contribution < -0.4 is 11.4 Å². The van der Waals surface area contributed by atoms with Crippen molar-refractivity contribution < 1.29 is 4.11 Å². The van der Waals surface area contributed by atoms with Gasteiger partial charge in [0.2, 0.25) is 5.95 Å². The van der Waals surface area contributed by atoms with E-state index in [9.17, 15) is 9.59 Å². The normalized spacial score (nSPS) is 12.8. The molecule has 0 N–H and O–H groups in total. The Morgan fingerprint density at radius 1 is 0.545 bits per heavy atom. The number of nitrogens with zero attached hydrogens (tertiary/aromatic N) is 7. The largest absolute Gasteiger partial charge is 0.340 e. The first-order valence-electron chi connectivity index (χ1n) is 15.4. The Morgan fingerprint density at radius 2 is 1.00 bits per heavy atom. The van der Waals surface area contributed by atoms with Crippen molar-refractivity contribution >= 4 is 22.1 Å². The van der Waals surface area contributed by atoms with E-state index in [1.54, 1.807) is 57.8 Å². The molecule has 0 amide bonds. The minimum Gasteiger partial charge on any atom is -0.319 e. The van der Waals surface area contributed by atoms with Crippen LogP contribution in [0.25, 0.3) is 56.5 Å². The van der Waals surface area contributed by atoms with Crippen molar-refractivity contribution in [1.82, 2.24) is 32.8 Å². The number of para-hydroxylation sites is 3. The van der Waals surface area contributed by atoms with Crippen molar-refractivity contribution in [2.75, 3.05) is 0 Å². The number of rotatable bonds is 5. The van der Waals surface area contributed by atoms with E-state index < -0.39 is 12.7 Å². The van der Waals surface area contributed by atoms with Crippen LogP contribution in [0, 0.1) is 0 Å². The van der Waals surface area contributed by atoms with E-state index in [2.05, 4.69) is 9.97 Å². The van der Waals surface area contributed by atoms with Crippen LogP contribution in [0.15, 0.2) is 143 Å². The molecule has 0 aliphatic carbocycles. The van der Waals surface area contributed by atoms with E-state index in [4.69, 9.17) is 4.11 Å². The maximum absolute atomic E-state index is 14.6. The molecule has 0 unspecified atom stereocenters. The topological polar surface area (TPSA) is 84.6 Å². The quantitative estimate of drug-likeness (QED) is 0.263. The Balaban J connectivity index is 1.54. The fraction of sp³-hybridized carbons (Fsp3) is 0.0286. The maximum atomic E-state index is 14.6. The molecule has 4 aromatic heterocycles. The molecule has 0 spiro atoms. The fourth-order valence-corrected chi connectivity index (χ4v) is 5.72. The first-order chi connectivity index (χ1) is 22.8. The van der Waals surface area contributed by atoms with E-state index in [-0.39, 0.29) is 11.6 Å². The lowest BCUT2D eigenvalue weighted by molar-refractivity contribution is 0.797. The van der Waals surface area contributed by atoms with Crippen molar-refractivity contribution in [2.45, 2.75) is 0 Å². The van der Waals surface area contributed by atoms with E-state index in [1.807, 2.05) is 78.9 Å². The highest BCUT2D eigenvalue weighted by Crippen LogP contribution is 2.29. The molecule has 0 fully saturated rings. The molecule has 4 aromatic carbocycles. The predicted molar refractivity (Wildman–Crippen MR) is 171 cm³/mol. The van der Waals surface area contributed by atoms with Gasteiger partial charge in [0.25, 0.3) is 0 Å². The summed E-state index contributed by atoms with van der Waals surface area (Å²) in [5, 5.41) is 0. The van der Waals surface area contributed by atoms with Crippen LogP contribution in [0.4, 0.5) is 0 Å². The molecule has 0 radical (unpaired) electrons. The highest BCUT2D eigenvalue weighted by Gasteiger charge is 2.24. The second-order valence-electron chi connectivity index (χ2n) is 10.3. The van der Waals surface area contributed by atoms with Crippen LogP contribution in [0.1, 0.15) is 4.11 Å². The lowest BCUT2D eigenvalue weighted by Crippen LogP contribution is -2.24. The van der Waals surface area contributed by atoms with Gasteiger partial charge in [-0.1, -0.05) is 60.7 Å². The molecule has 0 aliphatic rings. The van der Waals surface area contributed by atoms with E-state index in [0.717, 1.165) is 4.57 Å². The molecule has 4 heterocycles. The summed E-state index contributed by atoms with van der Waals surface area (Å²) in [6, 6.07) is 36.4. The number of hydrogen-bond acceptors (Lipinski definition) is 4. The Hall–Kier alpha value is -6.22. The number of imidazole rings is 3. The van der Waals surface area contributed by atoms with Crippen molar-refractivity contribution in [3.05, 3.63) is 155 Å².